The van der Waals surface area contributed by atoms with Gasteiger partial charge in [-0.2, -0.15) is 0 Å². The van der Waals surface area contributed by atoms with Gasteiger partial charge in [-0.1, -0.05) is 62.4 Å². The van der Waals surface area contributed by atoms with E-state index in [-0.39, 0.29) is 29.4 Å². The van der Waals surface area contributed by atoms with Crippen LogP contribution in [0, 0.1) is 5.92 Å². The summed E-state index contributed by atoms with van der Waals surface area (Å²) in [6.45, 7) is 6.06. The third-order valence-corrected chi connectivity index (χ3v) is 6.22. The highest BCUT2D eigenvalue weighted by molar-refractivity contribution is 5.94. The summed E-state index contributed by atoms with van der Waals surface area (Å²) in [5.41, 5.74) is 1.48. The third kappa shape index (κ3) is 3.79. The molecule has 0 aliphatic carbocycles. The second-order valence-electron chi connectivity index (χ2n) is 8.47. The topological polar surface area (TPSA) is 52.7 Å². The molecule has 2 saturated heterocycles. The second kappa shape index (κ2) is 7.99. The molecule has 1 atom stereocenters. The minimum atomic E-state index is -0.380. The SMILES string of the molecule is CC(C)C1NC2(CCN(C(=O)c3ccccc3)CC2)N(Cc2ccccc2)C1=O. The first-order valence-corrected chi connectivity index (χ1v) is 10.5. The molecule has 2 aromatic carbocycles. The lowest BCUT2D eigenvalue weighted by Crippen LogP contribution is -2.59. The predicted molar refractivity (Wildman–Crippen MR) is 113 cm³/mol. The maximum Gasteiger partial charge on any atom is 0.253 e. The molecule has 4 rings (SSSR count). The molecule has 0 bridgehead atoms. The van der Waals surface area contributed by atoms with Gasteiger partial charge in [-0.05, 0) is 23.6 Å². The van der Waals surface area contributed by atoms with Gasteiger partial charge in [0.15, 0.2) is 0 Å². The zero-order chi connectivity index (χ0) is 20.4. The van der Waals surface area contributed by atoms with Crippen LogP contribution in [0.1, 0.15) is 42.6 Å². The molecule has 5 nitrogen and oxygen atoms in total. The zero-order valence-corrected chi connectivity index (χ0v) is 17.2. The van der Waals surface area contributed by atoms with Crippen molar-refractivity contribution >= 4 is 11.8 Å². The molecule has 5 heteroatoms. The van der Waals surface area contributed by atoms with E-state index in [9.17, 15) is 9.59 Å². The van der Waals surface area contributed by atoms with Crippen molar-refractivity contribution in [2.75, 3.05) is 13.1 Å². The van der Waals surface area contributed by atoms with Crippen LogP contribution in [-0.2, 0) is 11.3 Å². The van der Waals surface area contributed by atoms with Crippen molar-refractivity contribution in [1.82, 2.24) is 15.1 Å². The molecule has 2 amide bonds. The molecule has 2 fully saturated rings. The lowest BCUT2D eigenvalue weighted by molar-refractivity contribution is -0.134. The van der Waals surface area contributed by atoms with Crippen LogP contribution in [0.15, 0.2) is 60.7 Å². The van der Waals surface area contributed by atoms with E-state index >= 15 is 0 Å². The van der Waals surface area contributed by atoms with E-state index in [0.29, 0.717) is 19.6 Å². The van der Waals surface area contributed by atoms with Crippen LogP contribution in [0.25, 0.3) is 0 Å². The molecule has 1 spiro atoms. The average Bonchev–Trinajstić information content (AvgIpc) is 3.02. The molecule has 0 radical (unpaired) electrons. The molecule has 2 heterocycles. The van der Waals surface area contributed by atoms with Gasteiger partial charge < -0.3 is 9.80 Å². The van der Waals surface area contributed by atoms with Crippen molar-refractivity contribution in [3.8, 4) is 0 Å². The highest BCUT2D eigenvalue weighted by atomic mass is 16.2. The van der Waals surface area contributed by atoms with Gasteiger partial charge >= 0.3 is 0 Å². The number of hydrogen-bond acceptors (Lipinski definition) is 3. The molecule has 2 aromatic rings. The van der Waals surface area contributed by atoms with Crippen LogP contribution >= 0.6 is 0 Å². The van der Waals surface area contributed by atoms with E-state index in [0.717, 1.165) is 24.0 Å². The van der Waals surface area contributed by atoms with Crippen LogP contribution in [0.2, 0.25) is 0 Å². The summed E-state index contributed by atoms with van der Waals surface area (Å²) in [6, 6.07) is 19.4. The Hall–Kier alpha value is -2.66. The van der Waals surface area contributed by atoms with Gasteiger partial charge in [0.25, 0.3) is 5.91 Å². The summed E-state index contributed by atoms with van der Waals surface area (Å²) >= 11 is 0. The molecule has 29 heavy (non-hydrogen) atoms. The Morgan fingerprint density at radius 2 is 1.62 bits per heavy atom. The second-order valence-corrected chi connectivity index (χ2v) is 8.47. The van der Waals surface area contributed by atoms with Crippen LogP contribution in [0.5, 0.6) is 0 Å². The number of nitrogens with zero attached hydrogens (tertiary/aromatic N) is 2. The highest BCUT2D eigenvalue weighted by Gasteiger charge is 2.52. The fourth-order valence-corrected chi connectivity index (χ4v) is 4.51. The smallest absolute Gasteiger partial charge is 0.253 e. The van der Waals surface area contributed by atoms with Gasteiger partial charge in [-0.25, -0.2) is 0 Å². The van der Waals surface area contributed by atoms with Crippen molar-refractivity contribution in [1.29, 1.82) is 0 Å². The molecule has 2 aliphatic rings. The van der Waals surface area contributed by atoms with Crippen molar-refractivity contribution in [2.24, 2.45) is 5.92 Å². The number of benzene rings is 2. The maximum atomic E-state index is 13.2. The van der Waals surface area contributed by atoms with Crippen LogP contribution in [0.3, 0.4) is 0 Å². The van der Waals surface area contributed by atoms with Crippen molar-refractivity contribution in [3.05, 3.63) is 71.8 Å². The van der Waals surface area contributed by atoms with Crippen molar-refractivity contribution in [2.45, 2.75) is 44.9 Å². The van der Waals surface area contributed by atoms with E-state index in [1.54, 1.807) is 0 Å². The van der Waals surface area contributed by atoms with E-state index in [1.807, 2.05) is 58.3 Å². The van der Waals surface area contributed by atoms with E-state index in [2.05, 4.69) is 31.3 Å². The number of carbonyl (C=O) groups is 2. The summed E-state index contributed by atoms with van der Waals surface area (Å²) < 4.78 is 0. The van der Waals surface area contributed by atoms with E-state index in [1.165, 1.54) is 0 Å². The normalized spacial score (nSPS) is 21.2. The fourth-order valence-electron chi connectivity index (χ4n) is 4.51. The minimum Gasteiger partial charge on any atom is -0.338 e. The first-order valence-electron chi connectivity index (χ1n) is 10.5. The standard InChI is InChI=1S/C24H29N3O2/c1-18(2)21-23(29)27(17-19-9-5-3-6-10-19)24(25-21)13-15-26(16-14-24)22(28)20-11-7-4-8-12-20/h3-12,18,21,25H,13-17H2,1-2H3. The van der Waals surface area contributed by atoms with Gasteiger partial charge in [0.1, 0.15) is 0 Å². The van der Waals surface area contributed by atoms with Gasteiger partial charge in [0.2, 0.25) is 5.91 Å². The van der Waals surface area contributed by atoms with Crippen LogP contribution in [0.4, 0.5) is 0 Å². The van der Waals surface area contributed by atoms with E-state index in [4.69, 9.17) is 0 Å². The Morgan fingerprint density at radius 1 is 1.03 bits per heavy atom. The number of amides is 2. The molecule has 0 saturated carbocycles. The predicted octanol–water partition coefficient (Wildman–Crippen LogP) is 3.28. The lowest BCUT2D eigenvalue weighted by Gasteiger charge is -2.44. The van der Waals surface area contributed by atoms with Gasteiger partial charge in [-0.15, -0.1) is 0 Å². The number of nitrogens with one attached hydrogen (secondary N) is 1. The largest absolute Gasteiger partial charge is 0.338 e. The Bertz CT molecular complexity index is 858. The monoisotopic (exact) mass is 391 g/mol. The molecule has 1 N–H and O–H groups in total. The zero-order valence-electron chi connectivity index (χ0n) is 17.2. The Morgan fingerprint density at radius 3 is 2.21 bits per heavy atom. The Labute approximate surface area is 172 Å². The number of carbonyl (C=O) groups excluding carboxylic acids is 2. The number of hydrogen-bond donors (Lipinski definition) is 1. The molecule has 0 aromatic heterocycles. The number of rotatable bonds is 4. The lowest BCUT2D eigenvalue weighted by atomic mass is 9.94. The fraction of sp³-hybridized carbons (Fsp3) is 0.417. The van der Waals surface area contributed by atoms with Crippen LogP contribution < -0.4 is 5.32 Å². The van der Waals surface area contributed by atoms with Gasteiger partial charge in [-0.3, -0.25) is 14.9 Å². The number of piperidine rings is 1. The Kier molecular flexibility index (Phi) is 5.41. The van der Waals surface area contributed by atoms with Crippen molar-refractivity contribution in [3.63, 3.8) is 0 Å². The summed E-state index contributed by atoms with van der Waals surface area (Å²) in [7, 11) is 0. The summed E-state index contributed by atoms with van der Waals surface area (Å²) in [6.07, 6.45) is 1.49. The summed E-state index contributed by atoms with van der Waals surface area (Å²) in [5.74, 6) is 0.468. The van der Waals surface area contributed by atoms with Gasteiger partial charge in [0.05, 0.1) is 11.7 Å². The molecule has 1 unspecified atom stereocenters. The summed E-state index contributed by atoms with van der Waals surface area (Å²) in [5, 5.41) is 3.66. The van der Waals surface area contributed by atoms with E-state index < -0.39 is 0 Å². The molecule has 152 valence electrons. The first-order chi connectivity index (χ1) is 14.0. The Balaban J connectivity index is 1.53. The highest BCUT2D eigenvalue weighted by Crippen LogP contribution is 2.35. The first kappa shape index (κ1) is 19.6. The summed E-state index contributed by atoms with van der Waals surface area (Å²) in [4.78, 5) is 30.0. The van der Waals surface area contributed by atoms with Crippen molar-refractivity contribution < 1.29 is 9.59 Å². The quantitative estimate of drug-likeness (QED) is 0.870. The third-order valence-electron chi connectivity index (χ3n) is 6.22. The van der Waals surface area contributed by atoms with Gasteiger partial charge in [0, 0.05) is 38.0 Å². The molecular formula is C24H29N3O2. The average molecular weight is 392 g/mol. The molecule has 2 aliphatic heterocycles. The molecular weight excluding hydrogens is 362 g/mol. The minimum absolute atomic E-state index is 0.0693. The maximum absolute atomic E-state index is 13.2. The number of likely N-dealkylation sites (tertiary alicyclic amines) is 1. The van der Waals surface area contributed by atoms with Crippen LogP contribution in [-0.4, -0.2) is 46.4 Å².